The van der Waals surface area contributed by atoms with Crippen LogP contribution in [0.25, 0.3) is 0 Å². The normalized spacial score (nSPS) is 29.1. The van der Waals surface area contributed by atoms with Crippen molar-refractivity contribution in [2.24, 2.45) is 11.1 Å². The van der Waals surface area contributed by atoms with Crippen LogP contribution in [0.1, 0.15) is 18.1 Å². The van der Waals surface area contributed by atoms with Crippen LogP contribution < -0.4 is 5.73 Å². The molecule has 2 rings (SSSR count). The van der Waals surface area contributed by atoms with Crippen LogP contribution in [-0.2, 0) is 0 Å². The van der Waals surface area contributed by atoms with Gasteiger partial charge in [-0.25, -0.2) is 0 Å². The minimum atomic E-state index is -0.574. The van der Waals surface area contributed by atoms with Gasteiger partial charge in [0.05, 0.1) is 12.7 Å². The zero-order valence-corrected chi connectivity index (χ0v) is 8.05. The first-order valence-corrected chi connectivity index (χ1v) is 4.68. The molecule has 6 heteroatoms. The van der Waals surface area contributed by atoms with Crippen LogP contribution in [-0.4, -0.2) is 23.2 Å². The van der Waals surface area contributed by atoms with E-state index in [0.29, 0.717) is 12.3 Å². The Hall–Kier alpha value is -1.40. The Balaban J connectivity index is 2.16. The van der Waals surface area contributed by atoms with Crippen LogP contribution in [0.4, 0.5) is 5.88 Å². The Morgan fingerprint density at radius 2 is 2.47 bits per heavy atom. The zero-order valence-electron chi connectivity index (χ0n) is 8.05. The number of nitrogens with two attached hydrogens (primary N) is 1. The Labute approximate surface area is 85.8 Å². The number of hydrogen-bond donors (Lipinski definition) is 2. The molecule has 0 bridgehead atoms. The summed E-state index contributed by atoms with van der Waals surface area (Å²) in [6.07, 6.45) is 0.727. The first-order chi connectivity index (χ1) is 7.13. The average molecular weight is 212 g/mol. The molecular weight excluding hydrogens is 200 g/mol. The van der Waals surface area contributed by atoms with Gasteiger partial charge >= 0.3 is 5.88 Å². The lowest BCUT2D eigenvalue weighted by molar-refractivity contribution is -0.402. The van der Waals surface area contributed by atoms with E-state index in [0.717, 1.165) is 6.42 Å². The minimum absolute atomic E-state index is 0.0112. The molecular formula is C9H12N2O4. The predicted octanol–water partition coefficient (Wildman–Crippen LogP) is 0.612. The van der Waals surface area contributed by atoms with Crippen LogP contribution in [0.15, 0.2) is 16.5 Å². The molecule has 1 heterocycles. The quantitative estimate of drug-likeness (QED) is 0.562. The number of aliphatic hydroxyl groups is 1. The van der Waals surface area contributed by atoms with E-state index >= 15 is 0 Å². The van der Waals surface area contributed by atoms with Crippen molar-refractivity contribution in [3.8, 4) is 0 Å². The van der Waals surface area contributed by atoms with Crippen molar-refractivity contribution in [3.63, 3.8) is 0 Å². The third-order valence-electron chi connectivity index (χ3n) is 3.05. The van der Waals surface area contributed by atoms with Crippen LogP contribution in [0.3, 0.4) is 0 Å². The Morgan fingerprint density at radius 1 is 1.73 bits per heavy atom. The zero-order chi connectivity index (χ0) is 11.1. The second kappa shape index (κ2) is 3.32. The standard InChI is InChI=1S/C9H12N2O4/c10-4-9(5-12)3-6(9)7-1-2-8(15-7)11(13)14/h1-2,6,12H,3-5,10H2. The van der Waals surface area contributed by atoms with Crippen molar-refractivity contribution in [2.45, 2.75) is 12.3 Å². The number of nitro groups is 1. The first-order valence-electron chi connectivity index (χ1n) is 4.68. The highest BCUT2D eigenvalue weighted by atomic mass is 16.6. The third-order valence-corrected chi connectivity index (χ3v) is 3.05. The lowest BCUT2D eigenvalue weighted by atomic mass is 10.0. The third kappa shape index (κ3) is 1.51. The largest absolute Gasteiger partial charge is 0.433 e. The van der Waals surface area contributed by atoms with Crippen molar-refractivity contribution >= 4 is 5.88 Å². The van der Waals surface area contributed by atoms with Crippen molar-refractivity contribution in [1.29, 1.82) is 0 Å². The molecule has 0 aliphatic heterocycles. The molecule has 82 valence electrons. The van der Waals surface area contributed by atoms with Gasteiger partial charge in [-0.1, -0.05) is 0 Å². The maximum atomic E-state index is 10.4. The molecule has 1 aliphatic carbocycles. The van der Waals surface area contributed by atoms with Gasteiger partial charge in [-0.15, -0.1) is 0 Å². The van der Waals surface area contributed by atoms with E-state index in [-0.39, 0.29) is 23.8 Å². The summed E-state index contributed by atoms with van der Waals surface area (Å²) in [6.45, 7) is 0.353. The molecule has 1 fully saturated rings. The van der Waals surface area contributed by atoms with Gasteiger partial charge in [-0.3, -0.25) is 10.1 Å². The Morgan fingerprint density at radius 3 is 2.87 bits per heavy atom. The second-order valence-corrected chi connectivity index (χ2v) is 3.91. The Bertz CT molecular complexity index is 383. The van der Waals surface area contributed by atoms with Crippen molar-refractivity contribution < 1.29 is 14.4 Å². The van der Waals surface area contributed by atoms with Gasteiger partial charge in [0, 0.05) is 17.9 Å². The number of nitrogens with zero attached hydrogens (tertiary/aromatic N) is 1. The molecule has 0 radical (unpaired) electrons. The maximum absolute atomic E-state index is 10.4. The van der Waals surface area contributed by atoms with Crippen molar-refractivity contribution in [3.05, 3.63) is 28.0 Å². The van der Waals surface area contributed by atoms with Crippen molar-refractivity contribution in [2.75, 3.05) is 13.2 Å². The van der Waals surface area contributed by atoms with Crippen LogP contribution in [0, 0.1) is 15.5 Å². The molecule has 1 saturated carbocycles. The Kier molecular flexibility index (Phi) is 2.24. The van der Waals surface area contributed by atoms with E-state index in [4.69, 9.17) is 15.3 Å². The lowest BCUT2D eigenvalue weighted by Gasteiger charge is -2.08. The molecule has 2 atom stereocenters. The van der Waals surface area contributed by atoms with Crippen LogP contribution in [0.2, 0.25) is 0 Å². The first kappa shape index (κ1) is 10.1. The average Bonchev–Trinajstić information content (AvgIpc) is 2.76. The highest BCUT2D eigenvalue weighted by Gasteiger charge is 2.55. The minimum Gasteiger partial charge on any atom is -0.406 e. The van der Waals surface area contributed by atoms with Gasteiger partial charge in [0.15, 0.2) is 0 Å². The number of rotatable bonds is 4. The topological polar surface area (TPSA) is 103 Å². The van der Waals surface area contributed by atoms with E-state index in [9.17, 15) is 10.1 Å². The fourth-order valence-electron chi connectivity index (χ4n) is 1.84. The van der Waals surface area contributed by atoms with E-state index < -0.39 is 4.92 Å². The number of furan rings is 1. The summed E-state index contributed by atoms with van der Waals surface area (Å²) in [7, 11) is 0. The van der Waals surface area contributed by atoms with Crippen LogP contribution in [0.5, 0.6) is 0 Å². The van der Waals surface area contributed by atoms with Crippen molar-refractivity contribution in [1.82, 2.24) is 0 Å². The fourth-order valence-corrected chi connectivity index (χ4v) is 1.84. The molecule has 6 nitrogen and oxygen atoms in total. The predicted molar refractivity (Wildman–Crippen MR) is 51.3 cm³/mol. The SMILES string of the molecule is NCC1(CO)CC1c1ccc([N+](=O)[O-])o1. The molecule has 0 aromatic carbocycles. The van der Waals surface area contributed by atoms with E-state index in [2.05, 4.69) is 0 Å². The number of aliphatic hydroxyl groups excluding tert-OH is 1. The van der Waals surface area contributed by atoms with Gasteiger partial charge in [0.2, 0.25) is 0 Å². The summed E-state index contributed by atoms with van der Waals surface area (Å²) in [5, 5.41) is 19.5. The van der Waals surface area contributed by atoms with Gasteiger partial charge in [0.1, 0.15) is 10.7 Å². The monoisotopic (exact) mass is 212 g/mol. The summed E-state index contributed by atoms with van der Waals surface area (Å²) in [4.78, 5) is 9.82. The molecule has 2 unspecified atom stereocenters. The summed E-state index contributed by atoms with van der Waals surface area (Å²) < 4.78 is 5.06. The summed E-state index contributed by atoms with van der Waals surface area (Å²) in [5.41, 5.74) is 5.21. The maximum Gasteiger partial charge on any atom is 0.433 e. The molecule has 0 amide bonds. The molecule has 15 heavy (non-hydrogen) atoms. The summed E-state index contributed by atoms with van der Waals surface area (Å²) in [6, 6.07) is 2.90. The van der Waals surface area contributed by atoms with Gasteiger partial charge in [-0.05, 0) is 12.5 Å². The number of hydrogen-bond acceptors (Lipinski definition) is 5. The van der Waals surface area contributed by atoms with Gasteiger partial charge < -0.3 is 15.3 Å². The summed E-state index contributed by atoms with van der Waals surface area (Å²) in [5.74, 6) is 0.295. The highest BCUT2D eigenvalue weighted by molar-refractivity contribution is 5.27. The van der Waals surface area contributed by atoms with E-state index in [1.165, 1.54) is 6.07 Å². The van der Waals surface area contributed by atoms with E-state index in [1.54, 1.807) is 6.07 Å². The smallest absolute Gasteiger partial charge is 0.406 e. The molecule has 1 aromatic rings. The summed E-state index contributed by atoms with van der Waals surface area (Å²) >= 11 is 0. The molecule has 3 N–H and O–H groups in total. The fraction of sp³-hybridized carbons (Fsp3) is 0.556. The highest BCUT2D eigenvalue weighted by Crippen LogP contribution is 2.58. The molecule has 0 saturated heterocycles. The van der Waals surface area contributed by atoms with Gasteiger partial charge in [-0.2, -0.15) is 0 Å². The lowest BCUT2D eigenvalue weighted by Crippen LogP contribution is -2.21. The molecule has 0 spiro atoms. The van der Waals surface area contributed by atoms with Gasteiger partial charge in [0.25, 0.3) is 0 Å². The van der Waals surface area contributed by atoms with Crippen LogP contribution >= 0.6 is 0 Å². The molecule has 1 aliphatic rings. The second-order valence-electron chi connectivity index (χ2n) is 3.91. The van der Waals surface area contributed by atoms with E-state index in [1.807, 2.05) is 0 Å². The molecule has 1 aromatic heterocycles.